The average molecular weight is 264 g/mol. The minimum absolute atomic E-state index is 0.386. The molecule has 0 aliphatic carbocycles. The number of carbonyl (C=O) groups is 1. The van der Waals surface area contributed by atoms with Gasteiger partial charge in [-0.3, -0.25) is 4.79 Å². The van der Waals surface area contributed by atoms with Gasteiger partial charge in [-0.15, -0.1) is 0 Å². The molecule has 1 amide bonds. The molecule has 0 atom stereocenters. The normalized spacial score (nSPS) is 10.5. The van der Waals surface area contributed by atoms with Gasteiger partial charge >= 0.3 is 0 Å². The van der Waals surface area contributed by atoms with Gasteiger partial charge in [0.25, 0.3) is 0 Å². The molecule has 0 heterocycles. The van der Waals surface area contributed by atoms with Crippen molar-refractivity contribution in [3.05, 3.63) is 47.5 Å². The summed E-state index contributed by atoms with van der Waals surface area (Å²) >= 11 is 3.41. The molecule has 0 radical (unpaired) electrons. The number of hydrogen-bond acceptors (Lipinski definition) is 1. The first-order chi connectivity index (χ1) is 7.22. The summed E-state index contributed by atoms with van der Waals surface area (Å²) in [5.41, 5.74) is 6.92. The highest BCUT2D eigenvalue weighted by molar-refractivity contribution is 9.08. The van der Waals surface area contributed by atoms with Crippen molar-refractivity contribution >= 4 is 32.6 Å². The molecule has 2 nitrogen and oxygen atoms in total. The Balaban J connectivity index is 2.77. The van der Waals surface area contributed by atoms with E-state index < -0.39 is 0 Å². The summed E-state index contributed by atoms with van der Waals surface area (Å²) in [6, 6.07) is 11.6. The van der Waals surface area contributed by atoms with Gasteiger partial charge in [-0.05, 0) is 28.5 Å². The molecule has 0 spiro atoms. The summed E-state index contributed by atoms with van der Waals surface area (Å²) in [5.74, 6) is -0.386. The van der Waals surface area contributed by atoms with E-state index in [9.17, 15) is 4.79 Å². The molecule has 0 saturated carbocycles. The van der Waals surface area contributed by atoms with Crippen LogP contribution in [0.15, 0.2) is 36.4 Å². The van der Waals surface area contributed by atoms with Crippen LogP contribution in [0.4, 0.5) is 0 Å². The number of halogens is 1. The van der Waals surface area contributed by atoms with Gasteiger partial charge in [0.2, 0.25) is 5.91 Å². The van der Waals surface area contributed by atoms with Crippen molar-refractivity contribution in [2.45, 2.75) is 5.33 Å². The molecular formula is C12H10BrNO. The summed E-state index contributed by atoms with van der Waals surface area (Å²) in [6.45, 7) is 0. The Morgan fingerprint density at radius 1 is 1.27 bits per heavy atom. The van der Waals surface area contributed by atoms with E-state index in [-0.39, 0.29) is 5.91 Å². The Morgan fingerprint density at radius 3 is 2.67 bits per heavy atom. The SMILES string of the molecule is NC(=O)c1cc(CBr)c2ccccc2c1. The summed E-state index contributed by atoms with van der Waals surface area (Å²) in [6.07, 6.45) is 0. The molecule has 0 bridgehead atoms. The maximum Gasteiger partial charge on any atom is 0.248 e. The Hall–Kier alpha value is -1.35. The zero-order valence-electron chi connectivity index (χ0n) is 8.03. The van der Waals surface area contributed by atoms with Gasteiger partial charge in [0.05, 0.1) is 0 Å². The van der Waals surface area contributed by atoms with Gasteiger partial charge in [0, 0.05) is 10.9 Å². The van der Waals surface area contributed by atoms with Crippen LogP contribution < -0.4 is 5.73 Å². The van der Waals surface area contributed by atoms with Crippen LogP contribution >= 0.6 is 15.9 Å². The molecule has 0 aromatic heterocycles. The predicted molar refractivity (Wildman–Crippen MR) is 65.1 cm³/mol. The van der Waals surface area contributed by atoms with Gasteiger partial charge in [0.1, 0.15) is 0 Å². The highest BCUT2D eigenvalue weighted by Gasteiger charge is 2.06. The average Bonchev–Trinajstić information content (AvgIpc) is 2.27. The number of rotatable bonds is 2. The Morgan fingerprint density at radius 2 is 2.00 bits per heavy atom. The summed E-state index contributed by atoms with van der Waals surface area (Å²) in [7, 11) is 0. The summed E-state index contributed by atoms with van der Waals surface area (Å²) < 4.78 is 0. The molecule has 0 aliphatic rings. The molecule has 2 aromatic rings. The van der Waals surface area contributed by atoms with Crippen LogP contribution in [-0.4, -0.2) is 5.91 Å². The lowest BCUT2D eigenvalue weighted by molar-refractivity contribution is 0.100. The highest BCUT2D eigenvalue weighted by Crippen LogP contribution is 2.22. The molecular weight excluding hydrogens is 254 g/mol. The van der Waals surface area contributed by atoms with Crippen LogP contribution in [0.1, 0.15) is 15.9 Å². The Bertz CT molecular complexity index is 522. The molecule has 3 heteroatoms. The lowest BCUT2D eigenvalue weighted by atomic mass is 10.0. The molecule has 15 heavy (non-hydrogen) atoms. The van der Waals surface area contributed by atoms with Crippen LogP contribution in [0.3, 0.4) is 0 Å². The van der Waals surface area contributed by atoms with Gasteiger partial charge in [-0.1, -0.05) is 40.2 Å². The maximum atomic E-state index is 11.1. The van der Waals surface area contributed by atoms with Crippen LogP contribution in [0, 0.1) is 0 Å². The van der Waals surface area contributed by atoms with Gasteiger partial charge in [0.15, 0.2) is 0 Å². The third-order valence-corrected chi connectivity index (χ3v) is 2.98. The fourth-order valence-corrected chi connectivity index (χ4v) is 2.11. The second-order valence-electron chi connectivity index (χ2n) is 3.35. The number of amides is 1. The van der Waals surface area contributed by atoms with E-state index in [1.54, 1.807) is 0 Å². The largest absolute Gasteiger partial charge is 0.366 e. The first-order valence-electron chi connectivity index (χ1n) is 4.60. The lowest BCUT2D eigenvalue weighted by Crippen LogP contribution is -2.11. The number of hydrogen-bond donors (Lipinski definition) is 1. The minimum atomic E-state index is -0.386. The topological polar surface area (TPSA) is 43.1 Å². The van der Waals surface area contributed by atoms with Crippen LogP contribution in [-0.2, 0) is 5.33 Å². The van der Waals surface area contributed by atoms with Gasteiger partial charge < -0.3 is 5.73 Å². The Kier molecular flexibility index (Phi) is 2.73. The highest BCUT2D eigenvalue weighted by atomic mass is 79.9. The number of nitrogens with two attached hydrogens (primary N) is 1. The molecule has 0 unspecified atom stereocenters. The smallest absolute Gasteiger partial charge is 0.248 e. The lowest BCUT2D eigenvalue weighted by Gasteiger charge is -2.05. The number of alkyl halides is 1. The van der Waals surface area contributed by atoms with Crippen molar-refractivity contribution in [3.8, 4) is 0 Å². The van der Waals surface area contributed by atoms with Crippen molar-refractivity contribution in [2.24, 2.45) is 5.73 Å². The molecule has 0 fully saturated rings. The van der Waals surface area contributed by atoms with Crippen molar-refractivity contribution in [1.82, 2.24) is 0 Å². The van der Waals surface area contributed by atoms with E-state index in [1.807, 2.05) is 36.4 Å². The summed E-state index contributed by atoms with van der Waals surface area (Å²) in [5, 5.41) is 2.91. The van der Waals surface area contributed by atoms with Crippen molar-refractivity contribution in [1.29, 1.82) is 0 Å². The van der Waals surface area contributed by atoms with Crippen LogP contribution in [0.2, 0.25) is 0 Å². The number of benzene rings is 2. The van der Waals surface area contributed by atoms with Gasteiger partial charge in [-0.25, -0.2) is 0 Å². The predicted octanol–water partition coefficient (Wildman–Crippen LogP) is 2.83. The maximum absolute atomic E-state index is 11.1. The quantitative estimate of drug-likeness (QED) is 0.833. The number of primary amides is 1. The first kappa shape index (κ1) is 10.2. The second-order valence-corrected chi connectivity index (χ2v) is 3.92. The summed E-state index contributed by atoms with van der Waals surface area (Å²) in [4.78, 5) is 11.1. The van der Waals surface area contributed by atoms with E-state index in [1.165, 1.54) is 0 Å². The molecule has 76 valence electrons. The molecule has 2 aromatic carbocycles. The van der Waals surface area contributed by atoms with Crippen molar-refractivity contribution in [3.63, 3.8) is 0 Å². The minimum Gasteiger partial charge on any atom is -0.366 e. The fraction of sp³-hybridized carbons (Fsp3) is 0.0833. The molecule has 2 rings (SSSR count). The fourth-order valence-electron chi connectivity index (χ4n) is 1.64. The van der Waals surface area contributed by atoms with Crippen molar-refractivity contribution < 1.29 is 4.79 Å². The standard InChI is InChI=1S/C12H10BrNO/c13-7-10-6-9(12(14)15)5-8-3-1-2-4-11(8)10/h1-6H,7H2,(H2,14,15). The van der Waals surface area contributed by atoms with Crippen molar-refractivity contribution in [2.75, 3.05) is 0 Å². The van der Waals surface area contributed by atoms with E-state index in [0.29, 0.717) is 10.9 Å². The van der Waals surface area contributed by atoms with Gasteiger partial charge in [-0.2, -0.15) is 0 Å². The third-order valence-electron chi connectivity index (χ3n) is 2.38. The zero-order chi connectivity index (χ0) is 10.8. The van der Waals surface area contributed by atoms with E-state index in [0.717, 1.165) is 16.3 Å². The third kappa shape index (κ3) is 1.88. The first-order valence-corrected chi connectivity index (χ1v) is 5.72. The van der Waals surface area contributed by atoms with Crippen LogP contribution in [0.5, 0.6) is 0 Å². The van der Waals surface area contributed by atoms with E-state index in [2.05, 4.69) is 15.9 Å². The number of carbonyl (C=O) groups excluding carboxylic acids is 1. The monoisotopic (exact) mass is 263 g/mol. The molecule has 2 N–H and O–H groups in total. The second kappa shape index (κ2) is 4.03. The Labute approximate surface area is 96.2 Å². The number of fused-ring (bicyclic) bond motifs is 1. The van der Waals surface area contributed by atoms with E-state index >= 15 is 0 Å². The van der Waals surface area contributed by atoms with E-state index in [4.69, 9.17) is 5.73 Å². The zero-order valence-corrected chi connectivity index (χ0v) is 9.62. The molecule has 0 aliphatic heterocycles. The molecule has 0 saturated heterocycles. The van der Waals surface area contributed by atoms with Crippen LogP contribution in [0.25, 0.3) is 10.8 Å².